The van der Waals surface area contributed by atoms with Gasteiger partial charge in [-0.25, -0.2) is 4.79 Å². The normalized spacial score (nSPS) is 13.4. The van der Waals surface area contributed by atoms with Crippen LogP contribution in [0.2, 0.25) is 0 Å². The van der Waals surface area contributed by atoms with Crippen LogP contribution < -0.4 is 14.2 Å². The third-order valence-electron chi connectivity index (χ3n) is 6.40. The molecular weight excluding hydrogens is 492 g/mol. The molecule has 5 aromatic rings. The van der Waals surface area contributed by atoms with Gasteiger partial charge in [-0.1, -0.05) is 60.2 Å². The first kappa shape index (κ1) is 24.2. The van der Waals surface area contributed by atoms with Crippen molar-refractivity contribution in [1.82, 2.24) is 0 Å². The van der Waals surface area contributed by atoms with Gasteiger partial charge in [0.1, 0.15) is 34.2 Å². The minimum absolute atomic E-state index is 0.217. The van der Waals surface area contributed by atoms with E-state index < -0.39 is 5.97 Å². The van der Waals surface area contributed by atoms with Crippen LogP contribution in [0.4, 0.5) is 0 Å². The number of hydrogen-bond acceptors (Lipinski definition) is 6. The zero-order valence-electron chi connectivity index (χ0n) is 21.4. The third-order valence-corrected chi connectivity index (χ3v) is 6.40. The van der Waals surface area contributed by atoms with Gasteiger partial charge in [-0.05, 0) is 55.8 Å². The summed E-state index contributed by atoms with van der Waals surface area (Å²) in [5.41, 5.74) is 3.93. The summed E-state index contributed by atoms with van der Waals surface area (Å²) >= 11 is 0. The number of furan rings is 1. The predicted octanol–water partition coefficient (Wildman–Crippen LogP) is 7.64. The first-order chi connectivity index (χ1) is 19.0. The van der Waals surface area contributed by atoms with E-state index in [4.69, 9.17) is 18.6 Å². The highest BCUT2D eigenvalue weighted by atomic mass is 16.5. The van der Waals surface area contributed by atoms with Crippen LogP contribution in [0.25, 0.3) is 28.4 Å². The van der Waals surface area contributed by atoms with Gasteiger partial charge in [-0.3, -0.25) is 4.79 Å². The zero-order valence-corrected chi connectivity index (χ0v) is 21.4. The molecule has 39 heavy (non-hydrogen) atoms. The fourth-order valence-electron chi connectivity index (χ4n) is 4.63. The quantitative estimate of drug-likeness (QED) is 0.131. The van der Waals surface area contributed by atoms with E-state index in [1.807, 2.05) is 68.4 Å². The summed E-state index contributed by atoms with van der Waals surface area (Å²) in [6.45, 7) is 4.37. The average molecular weight is 517 g/mol. The van der Waals surface area contributed by atoms with Crippen molar-refractivity contribution in [2.75, 3.05) is 6.61 Å². The van der Waals surface area contributed by atoms with Crippen LogP contribution in [-0.4, -0.2) is 18.4 Å². The molecular formula is C33H24O6. The van der Waals surface area contributed by atoms with Gasteiger partial charge in [0, 0.05) is 17.0 Å². The maximum atomic E-state index is 13.6. The molecule has 1 aliphatic rings. The minimum Gasteiger partial charge on any atom is -0.494 e. The number of hydrogen-bond donors (Lipinski definition) is 0. The molecule has 6 rings (SSSR count). The number of ether oxygens (including phenoxy) is 3. The Labute approximate surface area is 225 Å². The lowest BCUT2D eigenvalue weighted by Crippen LogP contribution is -2.09. The average Bonchev–Trinajstić information content (AvgIpc) is 3.46. The Hall–Kier alpha value is -5.10. The maximum Gasteiger partial charge on any atom is 0.348 e. The van der Waals surface area contributed by atoms with Crippen molar-refractivity contribution in [3.8, 4) is 28.6 Å². The SMILES string of the molecule is CCOc1ccc2oc(-c3ccccc3)c(C(=O)Oc3ccc4c(c3)OC(=Cc3cccc(C)c3)C4=O)c2c1. The summed E-state index contributed by atoms with van der Waals surface area (Å²) < 4.78 is 23.4. The van der Waals surface area contributed by atoms with Crippen molar-refractivity contribution in [1.29, 1.82) is 0 Å². The molecule has 0 unspecified atom stereocenters. The second-order valence-electron chi connectivity index (χ2n) is 9.16. The van der Waals surface area contributed by atoms with E-state index in [-0.39, 0.29) is 22.9 Å². The molecule has 0 fully saturated rings. The molecule has 2 heterocycles. The Bertz CT molecular complexity index is 1760. The molecule has 0 bridgehead atoms. The number of carbonyl (C=O) groups excluding carboxylic acids is 2. The van der Waals surface area contributed by atoms with E-state index in [0.717, 1.165) is 16.7 Å². The standard InChI is InChI=1S/C33H24O6/c1-3-36-23-13-15-27-26(18-23)30(32(39-27)22-10-5-4-6-11-22)33(35)37-24-12-14-25-28(19-24)38-29(31(25)34)17-21-9-7-8-20(2)16-21/h4-19H,3H2,1-2H3. The fourth-order valence-corrected chi connectivity index (χ4v) is 4.63. The molecule has 0 saturated carbocycles. The smallest absolute Gasteiger partial charge is 0.348 e. The van der Waals surface area contributed by atoms with Crippen molar-refractivity contribution in [3.05, 3.63) is 119 Å². The number of esters is 1. The van der Waals surface area contributed by atoms with Crippen molar-refractivity contribution < 1.29 is 28.2 Å². The first-order valence-corrected chi connectivity index (χ1v) is 12.6. The van der Waals surface area contributed by atoms with Crippen LogP contribution in [0.5, 0.6) is 17.2 Å². The maximum absolute atomic E-state index is 13.6. The molecule has 1 aliphatic heterocycles. The molecule has 0 radical (unpaired) electrons. The summed E-state index contributed by atoms with van der Waals surface area (Å²) in [4.78, 5) is 26.5. The molecule has 192 valence electrons. The Morgan fingerprint density at radius 1 is 0.897 bits per heavy atom. The minimum atomic E-state index is -0.596. The van der Waals surface area contributed by atoms with E-state index >= 15 is 0 Å². The molecule has 0 aliphatic carbocycles. The lowest BCUT2D eigenvalue weighted by atomic mass is 10.1. The molecule has 6 nitrogen and oxygen atoms in total. The molecule has 0 amide bonds. The van der Waals surface area contributed by atoms with Crippen LogP contribution >= 0.6 is 0 Å². The number of rotatable bonds is 6. The number of carbonyl (C=O) groups is 2. The number of fused-ring (bicyclic) bond motifs is 2. The monoisotopic (exact) mass is 516 g/mol. The summed E-state index contributed by atoms with van der Waals surface area (Å²) in [5, 5.41) is 0.584. The van der Waals surface area contributed by atoms with Crippen molar-refractivity contribution in [3.63, 3.8) is 0 Å². The number of Topliss-reactive ketones (excluding diaryl/α,β-unsaturated/α-hetero) is 1. The van der Waals surface area contributed by atoms with Crippen molar-refractivity contribution in [2.24, 2.45) is 0 Å². The van der Waals surface area contributed by atoms with Gasteiger partial charge in [0.15, 0.2) is 5.76 Å². The predicted molar refractivity (Wildman–Crippen MR) is 148 cm³/mol. The highest BCUT2D eigenvalue weighted by molar-refractivity contribution is 6.15. The van der Waals surface area contributed by atoms with Crippen LogP contribution in [0.3, 0.4) is 0 Å². The van der Waals surface area contributed by atoms with Crippen LogP contribution in [-0.2, 0) is 0 Å². The Balaban J connectivity index is 1.34. The van der Waals surface area contributed by atoms with Gasteiger partial charge in [0.2, 0.25) is 5.78 Å². The highest BCUT2D eigenvalue weighted by Gasteiger charge is 2.29. The van der Waals surface area contributed by atoms with E-state index in [2.05, 4.69) is 0 Å². The van der Waals surface area contributed by atoms with E-state index in [1.165, 1.54) is 0 Å². The van der Waals surface area contributed by atoms with E-state index in [1.54, 1.807) is 42.5 Å². The summed E-state index contributed by atoms with van der Waals surface area (Å²) in [7, 11) is 0. The Kier molecular flexibility index (Phi) is 6.21. The summed E-state index contributed by atoms with van der Waals surface area (Å²) in [5.74, 6) is 1.01. The van der Waals surface area contributed by atoms with Gasteiger partial charge in [0.25, 0.3) is 0 Å². The van der Waals surface area contributed by atoms with Crippen LogP contribution in [0.15, 0.2) is 101 Å². The lowest BCUT2D eigenvalue weighted by Gasteiger charge is -2.07. The second-order valence-corrected chi connectivity index (χ2v) is 9.16. The third kappa shape index (κ3) is 4.68. The largest absolute Gasteiger partial charge is 0.494 e. The molecule has 0 atom stereocenters. The molecule has 4 aromatic carbocycles. The van der Waals surface area contributed by atoms with E-state index in [9.17, 15) is 9.59 Å². The van der Waals surface area contributed by atoms with Gasteiger partial charge in [-0.15, -0.1) is 0 Å². The number of allylic oxidation sites excluding steroid dienone is 1. The summed E-state index contributed by atoms with van der Waals surface area (Å²) in [6.07, 6.45) is 1.71. The number of ketones is 1. The van der Waals surface area contributed by atoms with E-state index in [0.29, 0.717) is 40.4 Å². The molecule has 1 aromatic heterocycles. The van der Waals surface area contributed by atoms with Crippen molar-refractivity contribution in [2.45, 2.75) is 13.8 Å². The van der Waals surface area contributed by atoms with Crippen molar-refractivity contribution >= 4 is 28.8 Å². The molecule has 0 saturated heterocycles. The first-order valence-electron chi connectivity index (χ1n) is 12.6. The van der Waals surface area contributed by atoms with Gasteiger partial charge in [0.05, 0.1) is 12.2 Å². The van der Waals surface area contributed by atoms with Gasteiger partial charge >= 0.3 is 5.97 Å². The fraction of sp³-hybridized carbons (Fsp3) is 0.0909. The molecule has 0 N–H and O–H groups in total. The van der Waals surface area contributed by atoms with Crippen LogP contribution in [0.1, 0.15) is 38.8 Å². The molecule has 6 heteroatoms. The molecule has 0 spiro atoms. The van der Waals surface area contributed by atoms with Gasteiger partial charge in [-0.2, -0.15) is 0 Å². The Morgan fingerprint density at radius 2 is 1.72 bits per heavy atom. The lowest BCUT2D eigenvalue weighted by molar-refractivity contribution is 0.0736. The highest BCUT2D eigenvalue weighted by Crippen LogP contribution is 2.38. The summed E-state index contributed by atoms with van der Waals surface area (Å²) in [6, 6.07) is 27.3. The van der Waals surface area contributed by atoms with Gasteiger partial charge < -0.3 is 18.6 Å². The topological polar surface area (TPSA) is 75.0 Å². The van der Waals surface area contributed by atoms with Crippen LogP contribution in [0, 0.1) is 6.92 Å². The zero-order chi connectivity index (χ0) is 26.9. The second kappa shape index (κ2) is 9.99. The number of benzene rings is 4. The Morgan fingerprint density at radius 3 is 2.51 bits per heavy atom. The number of aryl methyl sites for hydroxylation is 1.